The largest absolute Gasteiger partial charge is 0.375 e. The summed E-state index contributed by atoms with van der Waals surface area (Å²) in [6.07, 6.45) is 3.13. The minimum Gasteiger partial charge on any atom is -0.375 e. The van der Waals surface area contributed by atoms with Gasteiger partial charge in [-0.15, -0.1) is 0 Å². The first-order chi connectivity index (χ1) is 12.1. The summed E-state index contributed by atoms with van der Waals surface area (Å²) in [7, 11) is 0. The third kappa shape index (κ3) is 3.44. The van der Waals surface area contributed by atoms with Gasteiger partial charge in [-0.25, -0.2) is 0 Å². The van der Waals surface area contributed by atoms with E-state index in [4.69, 9.17) is 9.47 Å². The normalized spacial score (nSPS) is 29.7. The molecule has 2 saturated heterocycles. The highest BCUT2D eigenvalue weighted by molar-refractivity contribution is 5.82. The first-order valence-electron chi connectivity index (χ1n) is 9.50. The number of pyridine rings is 1. The van der Waals surface area contributed by atoms with Crippen molar-refractivity contribution in [1.82, 2.24) is 9.88 Å². The van der Waals surface area contributed by atoms with Crippen LogP contribution in [0.4, 0.5) is 0 Å². The first-order valence-corrected chi connectivity index (χ1v) is 9.50. The summed E-state index contributed by atoms with van der Waals surface area (Å²) in [6, 6.07) is 6.01. The van der Waals surface area contributed by atoms with Crippen molar-refractivity contribution in [1.29, 1.82) is 0 Å². The van der Waals surface area contributed by atoms with Gasteiger partial charge in [0.25, 0.3) is 0 Å². The van der Waals surface area contributed by atoms with Crippen LogP contribution in [-0.4, -0.2) is 47.7 Å². The molecule has 1 amide bonds. The molecular weight excluding hydrogens is 316 g/mol. The summed E-state index contributed by atoms with van der Waals surface area (Å²) in [5.41, 5.74) is 1.91. The van der Waals surface area contributed by atoms with E-state index in [1.807, 2.05) is 30.0 Å². The lowest BCUT2D eigenvalue weighted by atomic mass is 9.79. The molecule has 5 nitrogen and oxygen atoms in total. The van der Waals surface area contributed by atoms with Gasteiger partial charge in [-0.05, 0) is 50.2 Å². The molecule has 0 radical (unpaired) electrons. The fraction of sp³-hybridized carbons (Fsp3) is 0.700. The van der Waals surface area contributed by atoms with E-state index in [2.05, 4.69) is 11.9 Å². The van der Waals surface area contributed by atoms with E-state index in [1.165, 1.54) is 0 Å². The Bertz CT molecular complexity index is 642. The van der Waals surface area contributed by atoms with Gasteiger partial charge in [0.1, 0.15) is 5.60 Å². The molecule has 25 heavy (non-hydrogen) atoms. The van der Waals surface area contributed by atoms with Gasteiger partial charge < -0.3 is 14.4 Å². The van der Waals surface area contributed by atoms with Gasteiger partial charge in [0.05, 0.1) is 25.4 Å². The maximum absolute atomic E-state index is 12.3. The quantitative estimate of drug-likeness (QED) is 0.744. The van der Waals surface area contributed by atoms with Gasteiger partial charge >= 0.3 is 0 Å². The predicted octanol–water partition coefficient (Wildman–Crippen LogP) is 2.57. The standard InChI is InChI=1S/C20H28N2O3/c1-14-10-18(14)19(23)22-12-20(13-22)16(7-9-25-20)6-8-24-11-17-5-3-4-15(2)21-17/h3-5,14,16,18H,6-13H2,1-2H3/t14-,16+,18+/m0/s1. The summed E-state index contributed by atoms with van der Waals surface area (Å²) in [5.74, 6) is 1.70. The molecule has 136 valence electrons. The van der Waals surface area contributed by atoms with Crippen molar-refractivity contribution in [3.8, 4) is 0 Å². The van der Waals surface area contributed by atoms with Crippen LogP contribution in [-0.2, 0) is 20.9 Å². The van der Waals surface area contributed by atoms with Crippen molar-refractivity contribution in [2.24, 2.45) is 17.8 Å². The van der Waals surface area contributed by atoms with E-state index in [0.29, 0.717) is 24.3 Å². The maximum atomic E-state index is 12.3. The van der Waals surface area contributed by atoms with E-state index < -0.39 is 0 Å². The molecular formula is C20H28N2O3. The molecule has 0 bridgehead atoms. The highest BCUT2D eigenvalue weighted by Crippen LogP contribution is 2.45. The summed E-state index contributed by atoms with van der Waals surface area (Å²) in [6.45, 7) is 7.80. The van der Waals surface area contributed by atoms with E-state index in [0.717, 1.165) is 57.0 Å². The number of likely N-dealkylation sites (tertiary alicyclic amines) is 1. The fourth-order valence-corrected chi connectivity index (χ4v) is 4.28. The van der Waals surface area contributed by atoms with Gasteiger partial charge in [-0.3, -0.25) is 9.78 Å². The van der Waals surface area contributed by atoms with Gasteiger partial charge in [-0.2, -0.15) is 0 Å². The maximum Gasteiger partial charge on any atom is 0.226 e. The molecule has 1 aromatic rings. The number of rotatable bonds is 6. The van der Waals surface area contributed by atoms with Gasteiger partial charge in [0, 0.05) is 24.8 Å². The van der Waals surface area contributed by atoms with Gasteiger partial charge in [0.2, 0.25) is 5.91 Å². The number of nitrogens with zero attached hydrogens (tertiary/aromatic N) is 2. The number of hydrogen-bond acceptors (Lipinski definition) is 4. The molecule has 4 rings (SSSR count). The van der Waals surface area contributed by atoms with Crippen LogP contribution in [0.25, 0.3) is 0 Å². The second-order valence-corrected chi connectivity index (χ2v) is 8.02. The van der Waals surface area contributed by atoms with Crippen LogP contribution in [0, 0.1) is 24.7 Å². The molecule has 3 fully saturated rings. The van der Waals surface area contributed by atoms with Crippen LogP contribution in [0.5, 0.6) is 0 Å². The molecule has 1 saturated carbocycles. The van der Waals surface area contributed by atoms with Crippen LogP contribution in [0.2, 0.25) is 0 Å². The van der Waals surface area contributed by atoms with Crippen molar-refractivity contribution in [2.75, 3.05) is 26.3 Å². The van der Waals surface area contributed by atoms with Gasteiger partial charge in [0.15, 0.2) is 0 Å². The number of aryl methyl sites for hydroxylation is 1. The van der Waals surface area contributed by atoms with Crippen LogP contribution in [0.15, 0.2) is 18.2 Å². The van der Waals surface area contributed by atoms with E-state index in [-0.39, 0.29) is 11.5 Å². The van der Waals surface area contributed by atoms with Crippen molar-refractivity contribution in [3.63, 3.8) is 0 Å². The molecule has 1 aromatic heterocycles. The van der Waals surface area contributed by atoms with Crippen LogP contribution >= 0.6 is 0 Å². The van der Waals surface area contributed by atoms with Crippen LogP contribution in [0.1, 0.15) is 37.6 Å². The van der Waals surface area contributed by atoms with Crippen molar-refractivity contribution in [3.05, 3.63) is 29.6 Å². The highest BCUT2D eigenvalue weighted by atomic mass is 16.5. The SMILES string of the molecule is Cc1cccc(COCC[C@@H]2CCOC23CN(C(=O)[C@@H]2C[C@@H]2C)C3)n1. The van der Waals surface area contributed by atoms with Crippen molar-refractivity contribution < 1.29 is 14.3 Å². The van der Waals surface area contributed by atoms with Gasteiger partial charge in [-0.1, -0.05) is 13.0 Å². The molecule has 1 spiro atoms. The zero-order chi connectivity index (χ0) is 17.4. The smallest absolute Gasteiger partial charge is 0.226 e. The Hall–Kier alpha value is -1.46. The lowest BCUT2D eigenvalue weighted by Gasteiger charge is -2.50. The molecule has 0 aromatic carbocycles. The predicted molar refractivity (Wildman–Crippen MR) is 93.9 cm³/mol. The summed E-state index contributed by atoms with van der Waals surface area (Å²) < 4.78 is 11.9. The minimum atomic E-state index is -0.0985. The second-order valence-electron chi connectivity index (χ2n) is 8.02. The Morgan fingerprint density at radius 3 is 2.96 bits per heavy atom. The third-order valence-electron chi connectivity index (χ3n) is 6.06. The monoisotopic (exact) mass is 344 g/mol. The molecule has 5 heteroatoms. The zero-order valence-corrected chi connectivity index (χ0v) is 15.2. The Morgan fingerprint density at radius 2 is 2.24 bits per heavy atom. The Kier molecular flexibility index (Phi) is 4.54. The number of carbonyl (C=O) groups excluding carboxylic acids is 1. The van der Waals surface area contributed by atoms with Crippen LogP contribution < -0.4 is 0 Å². The van der Waals surface area contributed by atoms with E-state index in [1.54, 1.807) is 0 Å². The number of amides is 1. The lowest BCUT2D eigenvalue weighted by molar-refractivity contribution is -0.167. The second kappa shape index (κ2) is 6.69. The molecule has 0 unspecified atom stereocenters. The minimum absolute atomic E-state index is 0.0985. The number of hydrogen-bond donors (Lipinski definition) is 0. The average Bonchev–Trinajstić information content (AvgIpc) is 3.13. The highest BCUT2D eigenvalue weighted by Gasteiger charge is 2.56. The van der Waals surface area contributed by atoms with E-state index in [9.17, 15) is 4.79 Å². The molecule has 3 atom stereocenters. The van der Waals surface area contributed by atoms with Crippen LogP contribution in [0.3, 0.4) is 0 Å². The third-order valence-corrected chi connectivity index (χ3v) is 6.06. The molecule has 2 aliphatic heterocycles. The summed E-state index contributed by atoms with van der Waals surface area (Å²) >= 11 is 0. The zero-order valence-electron chi connectivity index (χ0n) is 15.2. The Labute approximate surface area is 149 Å². The Balaban J connectivity index is 1.22. The molecule has 3 aliphatic rings. The number of carbonyl (C=O) groups is 1. The number of aromatic nitrogens is 1. The van der Waals surface area contributed by atoms with Crippen molar-refractivity contribution >= 4 is 5.91 Å². The first kappa shape index (κ1) is 17.0. The lowest BCUT2D eigenvalue weighted by Crippen LogP contribution is -2.66. The average molecular weight is 344 g/mol. The van der Waals surface area contributed by atoms with Crippen molar-refractivity contribution in [2.45, 2.75) is 45.3 Å². The fourth-order valence-electron chi connectivity index (χ4n) is 4.28. The van der Waals surface area contributed by atoms with E-state index >= 15 is 0 Å². The topological polar surface area (TPSA) is 51.7 Å². The molecule has 1 aliphatic carbocycles. The Morgan fingerprint density at radius 1 is 1.44 bits per heavy atom. The summed E-state index contributed by atoms with van der Waals surface area (Å²) in [4.78, 5) is 18.8. The molecule has 3 heterocycles. The summed E-state index contributed by atoms with van der Waals surface area (Å²) in [5, 5.41) is 0. The molecule has 0 N–H and O–H groups in total. The number of ether oxygens (including phenoxy) is 2.